The molecule has 5 nitrogen and oxygen atoms in total. The maximum absolute atomic E-state index is 5.56. The van der Waals surface area contributed by atoms with Crippen LogP contribution < -0.4 is 5.73 Å². The molecule has 1 aliphatic heterocycles. The van der Waals surface area contributed by atoms with Crippen LogP contribution >= 0.6 is 0 Å². The van der Waals surface area contributed by atoms with Crippen LogP contribution in [0.2, 0.25) is 0 Å². The summed E-state index contributed by atoms with van der Waals surface area (Å²) < 4.78 is 5.40. The van der Waals surface area contributed by atoms with Crippen LogP contribution in [0.4, 0.5) is 5.82 Å². The fourth-order valence-corrected chi connectivity index (χ4v) is 1.79. The van der Waals surface area contributed by atoms with E-state index in [4.69, 9.17) is 10.5 Å². The first-order valence-electron chi connectivity index (χ1n) is 5.42. The minimum absolute atomic E-state index is 0.493. The lowest BCUT2D eigenvalue weighted by atomic mass is 10.1. The van der Waals surface area contributed by atoms with E-state index in [9.17, 15) is 0 Å². The highest BCUT2D eigenvalue weighted by molar-refractivity contribution is 5.95. The smallest absolute Gasteiger partial charge is 0.216 e. The number of aromatic amines is 1. The van der Waals surface area contributed by atoms with Crippen molar-refractivity contribution in [3.8, 4) is 11.3 Å². The van der Waals surface area contributed by atoms with Gasteiger partial charge in [0, 0.05) is 11.6 Å². The predicted molar refractivity (Wildman–Crippen MR) is 65.8 cm³/mol. The monoisotopic (exact) mass is 228 g/mol. The highest BCUT2D eigenvalue weighted by atomic mass is 16.5. The molecule has 0 saturated carbocycles. The number of nitrogen functional groups attached to an aromatic ring is 1. The molecule has 0 amide bonds. The van der Waals surface area contributed by atoms with Crippen LogP contribution in [-0.4, -0.2) is 29.2 Å². The Morgan fingerprint density at radius 3 is 2.53 bits per heavy atom. The number of nitrogens with one attached hydrogen (secondary N) is 1. The third kappa shape index (κ3) is 1.87. The Hall–Kier alpha value is -2.30. The van der Waals surface area contributed by atoms with Crippen molar-refractivity contribution in [2.75, 3.05) is 18.9 Å². The zero-order valence-electron chi connectivity index (χ0n) is 9.18. The van der Waals surface area contributed by atoms with Crippen LogP contribution in [0.3, 0.4) is 0 Å². The van der Waals surface area contributed by atoms with Gasteiger partial charge in [0.25, 0.3) is 0 Å². The van der Waals surface area contributed by atoms with Gasteiger partial charge in [-0.1, -0.05) is 12.1 Å². The molecule has 3 N–H and O–H groups in total. The zero-order valence-corrected chi connectivity index (χ0v) is 9.18. The molecule has 2 heterocycles. The van der Waals surface area contributed by atoms with Gasteiger partial charge in [-0.15, -0.1) is 0 Å². The van der Waals surface area contributed by atoms with Crippen molar-refractivity contribution < 1.29 is 4.74 Å². The second kappa shape index (κ2) is 3.93. The summed E-state index contributed by atoms with van der Waals surface area (Å²) in [5.41, 5.74) is 8.51. The Balaban J connectivity index is 1.89. The Labute approximate surface area is 98.3 Å². The number of aromatic nitrogens is 2. The lowest BCUT2D eigenvalue weighted by Gasteiger charge is -2.02. The maximum Gasteiger partial charge on any atom is 0.216 e. The van der Waals surface area contributed by atoms with Crippen molar-refractivity contribution in [2.45, 2.75) is 0 Å². The molecular formula is C12H12N4O. The minimum atomic E-state index is 0.493. The molecule has 86 valence electrons. The maximum atomic E-state index is 5.56. The van der Waals surface area contributed by atoms with Crippen LogP contribution in [0.15, 0.2) is 35.3 Å². The molecule has 0 bridgehead atoms. The first-order valence-corrected chi connectivity index (χ1v) is 5.42. The average molecular weight is 228 g/mol. The normalized spacial score (nSPS) is 14.5. The minimum Gasteiger partial charge on any atom is -0.476 e. The van der Waals surface area contributed by atoms with Gasteiger partial charge in [-0.25, -0.2) is 4.99 Å². The molecule has 0 spiro atoms. The molecule has 0 aliphatic carbocycles. The fourth-order valence-electron chi connectivity index (χ4n) is 1.79. The molecule has 0 saturated heterocycles. The van der Waals surface area contributed by atoms with Gasteiger partial charge in [-0.3, -0.25) is 5.10 Å². The Morgan fingerprint density at radius 1 is 1.18 bits per heavy atom. The van der Waals surface area contributed by atoms with E-state index in [1.807, 2.05) is 24.3 Å². The molecule has 5 heteroatoms. The van der Waals surface area contributed by atoms with Gasteiger partial charge in [-0.2, -0.15) is 5.10 Å². The summed E-state index contributed by atoms with van der Waals surface area (Å²) in [5, 5.41) is 6.77. The number of nitrogens with two attached hydrogens (primary N) is 1. The number of nitrogens with zero attached hydrogens (tertiary/aromatic N) is 2. The van der Waals surface area contributed by atoms with Crippen molar-refractivity contribution in [2.24, 2.45) is 4.99 Å². The summed E-state index contributed by atoms with van der Waals surface area (Å²) in [4.78, 5) is 4.27. The summed E-state index contributed by atoms with van der Waals surface area (Å²) in [6.07, 6.45) is 0. The van der Waals surface area contributed by atoms with E-state index in [0.717, 1.165) is 29.3 Å². The molecule has 1 aromatic heterocycles. The number of ether oxygens (including phenoxy) is 1. The van der Waals surface area contributed by atoms with E-state index in [0.29, 0.717) is 12.4 Å². The Morgan fingerprint density at radius 2 is 1.94 bits per heavy atom. The number of rotatable bonds is 2. The third-order valence-electron chi connectivity index (χ3n) is 2.63. The van der Waals surface area contributed by atoms with Gasteiger partial charge in [0.1, 0.15) is 12.4 Å². The van der Waals surface area contributed by atoms with E-state index >= 15 is 0 Å². The lowest BCUT2D eigenvalue weighted by Crippen LogP contribution is -2.00. The highest BCUT2D eigenvalue weighted by Crippen LogP contribution is 2.19. The predicted octanol–water partition coefficient (Wildman–Crippen LogP) is 1.44. The van der Waals surface area contributed by atoms with E-state index in [1.165, 1.54) is 0 Å². The number of benzene rings is 1. The molecule has 1 aromatic carbocycles. The molecule has 1 aliphatic rings. The van der Waals surface area contributed by atoms with E-state index in [-0.39, 0.29) is 0 Å². The number of hydrogen-bond acceptors (Lipinski definition) is 4. The number of anilines is 1. The van der Waals surface area contributed by atoms with E-state index in [1.54, 1.807) is 6.07 Å². The third-order valence-corrected chi connectivity index (χ3v) is 2.63. The van der Waals surface area contributed by atoms with Crippen LogP contribution in [0.1, 0.15) is 5.56 Å². The molecule has 3 rings (SSSR count). The molecule has 0 atom stereocenters. The first-order chi connectivity index (χ1) is 8.33. The Bertz CT molecular complexity index is 556. The van der Waals surface area contributed by atoms with Crippen molar-refractivity contribution in [1.29, 1.82) is 0 Å². The van der Waals surface area contributed by atoms with Crippen molar-refractivity contribution in [3.63, 3.8) is 0 Å². The number of H-pyrrole nitrogens is 1. The van der Waals surface area contributed by atoms with Gasteiger partial charge in [0.05, 0.1) is 12.2 Å². The zero-order chi connectivity index (χ0) is 11.7. The summed E-state index contributed by atoms with van der Waals surface area (Å²) in [6.45, 7) is 1.42. The quantitative estimate of drug-likeness (QED) is 0.816. The fraction of sp³-hybridized carbons (Fsp3) is 0.167. The largest absolute Gasteiger partial charge is 0.476 e. The molecule has 2 aromatic rings. The number of aliphatic imine (C=N–C) groups is 1. The average Bonchev–Trinajstić information content (AvgIpc) is 3.00. The second-order valence-corrected chi connectivity index (χ2v) is 3.82. The standard InChI is InChI=1S/C12H12N4O/c13-11-7-10(15-16-11)8-1-3-9(4-2-8)12-14-5-6-17-12/h1-4,7H,5-6H2,(H3,13,15,16). The van der Waals surface area contributed by atoms with Crippen LogP contribution in [0.25, 0.3) is 11.3 Å². The van der Waals surface area contributed by atoms with Crippen molar-refractivity contribution >= 4 is 11.7 Å². The first kappa shape index (κ1) is 9.89. The summed E-state index contributed by atoms with van der Waals surface area (Å²) >= 11 is 0. The second-order valence-electron chi connectivity index (χ2n) is 3.82. The van der Waals surface area contributed by atoms with Crippen LogP contribution in [0, 0.1) is 0 Å². The SMILES string of the molecule is Nc1cc(-c2ccc(C3=NCCO3)cc2)[nH]n1. The van der Waals surface area contributed by atoms with Gasteiger partial charge in [-0.05, 0) is 17.7 Å². The van der Waals surface area contributed by atoms with Gasteiger partial charge in [0.2, 0.25) is 5.90 Å². The molecule has 0 unspecified atom stereocenters. The lowest BCUT2D eigenvalue weighted by molar-refractivity contribution is 0.348. The molecule has 0 fully saturated rings. The molecule has 0 radical (unpaired) electrons. The number of hydrogen-bond donors (Lipinski definition) is 2. The van der Waals surface area contributed by atoms with Crippen LogP contribution in [-0.2, 0) is 4.74 Å². The van der Waals surface area contributed by atoms with Crippen molar-refractivity contribution in [3.05, 3.63) is 35.9 Å². The summed E-state index contributed by atoms with van der Waals surface area (Å²) in [5.74, 6) is 1.22. The summed E-state index contributed by atoms with van der Waals surface area (Å²) in [7, 11) is 0. The van der Waals surface area contributed by atoms with Gasteiger partial charge >= 0.3 is 0 Å². The Kier molecular flexibility index (Phi) is 2.29. The van der Waals surface area contributed by atoms with Crippen molar-refractivity contribution in [1.82, 2.24) is 10.2 Å². The molecule has 17 heavy (non-hydrogen) atoms. The van der Waals surface area contributed by atoms with E-state index in [2.05, 4.69) is 15.2 Å². The van der Waals surface area contributed by atoms with Crippen LogP contribution in [0.5, 0.6) is 0 Å². The van der Waals surface area contributed by atoms with Gasteiger partial charge in [0.15, 0.2) is 0 Å². The summed E-state index contributed by atoms with van der Waals surface area (Å²) in [6, 6.07) is 9.75. The van der Waals surface area contributed by atoms with E-state index < -0.39 is 0 Å². The highest BCUT2D eigenvalue weighted by Gasteiger charge is 2.10. The van der Waals surface area contributed by atoms with Gasteiger partial charge < -0.3 is 10.5 Å². The topological polar surface area (TPSA) is 76.3 Å². The molecular weight excluding hydrogens is 216 g/mol.